The number of hydrogen-bond acceptors (Lipinski definition) is 5. The van der Waals surface area contributed by atoms with Crippen molar-refractivity contribution in [2.45, 2.75) is 30.3 Å². The fourth-order valence-corrected chi connectivity index (χ4v) is 2.48. The summed E-state index contributed by atoms with van der Waals surface area (Å²) in [5.74, 6) is 0.782. The van der Waals surface area contributed by atoms with Crippen molar-refractivity contribution in [3.63, 3.8) is 0 Å². The Labute approximate surface area is 121 Å². The average Bonchev–Trinajstić information content (AvgIpc) is 2.77. The third-order valence-corrected chi connectivity index (χ3v) is 3.82. The average molecular weight is 324 g/mol. The maximum Gasteiger partial charge on any atom is 0.417 e. The highest BCUT2D eigenvalue weighted by Crippen LogP contribution is 2.38. The highest BCUT2D eigenvalue weighted by atomic mass is 35.5. The number of halogens is 4. The van der Waals surface area contributed by atoms with E-state index in [-0.39, 0.29) is 15.3 Å². The van der Waals surface area contributed by atoms with Gasteiger partial charge in [-0.25, -0.2) is 4.98 Å². The SMILES string of the molecule is Cc1nnc([C@H](C)Sc2ncc(C(F)(F)F)cc2Cl)o1. The normalized spacial score (nSPS) is 13.5. The van der Waals surface area contributed by atoms with E-state index in [4.69, 9.17) is 16.0 Å². The monoisotopic (exact) mass is 323 g/mol. The van der Waals surface area contributed by atoms with Gasteiger partial charge in [-0.3, -0.25) is 0 Å². The zero-order chi connectivity index (χ0) is 14.9. The number of pyridine rings is 1. The molecule has 9 heteroatoms. The molecule has 0 fully saturated rings. The highest BCUT2D eigenvalue weighted by molar-refractivity contribution is 7.99. The van der Waals surface area contributed by atoms with Crippen LogP contribution < -0.4 is 0 Å². The maximum absolute atomic E-state index is 12.5. The lowest BCUT2D eigenvalue weighted by Gasteiger charge is -2.10. The highest BCUT2D eigenvalue weighted by Gasteiger charge is 2.31. The largest absolute Gasteiger partial charge is 0.424 e. The van der Waals surface area contributed by atoms with Gasteiger partial charge in [0.2, 0.25) is 11.8 Å². The van der Waals surface area contributed by atoms with Crippen molar-refractivity contribution in [2.24, 2.45) is 0 Å². The van der Waals surface area contributed by atoms with Gasteiger partial charge in [-0.05, 0) is 13.0 Å². The molecule has 0 N–H and O–H groups in total. The Bertz CT molecular complexity index is 617. The molecule has 0 bridgehead atoms. The molecule has 108 valence electrons. The van der Waals surface area contributed by atoms with E-state index in [1.54, 1.807) is 13.8 Å². The summed E-state index contributed by atoms with van der Waals surface area (Å²) in [5.41, 5.74) is -0.881. The van der Waals surface area contributed by atoms with Crippen LogP contribution >= 0.6 is 23.4 Å². The first kappa shape index (κ1) is 15.1. The van der Waals surface area contributed by atoms with E-state index in [9.17, 15) is 13.2 Å². The first-order valence-corrected chi connectivity index (χ1v) is 6.72. The second-order valence-corrected chi connectivity index (χ2v) is 5.66. The number of aromatic nitrogens is 3. The minimum atomic E-state index is -4.46. The molecule has 0 aromatic carbocycles. The minimum Gasteiger partial charge on any atom is -0.424 e. The molecule has 0 aliphatic carbocycles. The van der Waals surface area contributed by atoms with E-state index in [2.05, 4.69) is 15.2 Å². The van der Waals surface area contributed by atoms with Crippen molar-refractivity contribution in [3.05, 3.63) is 34.6 Å². The summed E-state index contributed by atoms with van der Waals surface area (Å²) in [6.45, 7) is 3.42. The molecule has 0 radical (unpaired) electrons. The van der Waals surface area contributed by atoms with Crippen molar-refractivity contribution < 1.29 is 17.6 Å². The minimum absolute atomic E-state index is 0.0621. The molecule has 2 aromatic heterocycles. The van der Waals surface area contributed by atoms with Crippen LogP contribution in [0.25, 0.3) is 0 Å². The summed E-state index contributed by atoms with van der Waals surface area (Å²) in [6, 6.07) is 0.850. The number of thioether (sulfide) groups is 1. The van der Waals surface area contributed by atoms with E-state index in [0.717, 1.165) is 24.0 Å². The van der Waals surface area contributed by atoms with Gasteiger partial charge in [-0.1, -0.05) is 23.4 Å². The Balaban J connectivity index is 2.18. The van der Waals surface area contributed by atoms with E-state index >= 15 is 0 Å². The number of alkyl halides is 3. The summed E-state index contributed by atoms with van der Waals surface area (Å²) in [4.78, 5) is 3.74. The summed E-state index contributed by atoms with van der Waals surface area (Å²) in [7, 11) is 0. The lowest BCUT2D eigenvalue weighted by Crippen LogP contribution is -2.05. The zero-order valence-electron chi connectivity index (χ0n) is 10.4. The van der Waals surface area contributed by atoms with Gasteiger partial charge in [0.05, 0.1) is 15.8 Å². The van der Waals surface area contributed by atoms with E-state index in [1.165, 1.54) is 0 Å². The van der Waals surface area contributed by atoms with Crippen LogP contribution in [0.2, 0.25) is 5.02 Å². The number of rotatable bonds is 3. The first-order chi connectivity index (χ1) is 9.27. The van der Waals surface area contributed by atoms with Gasteiger partial charge in [0, 0.05) is 13.1 Å². The van der Waals surface area contributed by atoms with Crippen LogP contribution in [0.15, 0.2) is 21.7 Å². The van der Waals surface area contributed by atoms with Crippen LogP contribution in [-0.4, -0.2) is 15.2 Å². The van der Waals surface area contributed by atoms with Crippen molar-refractivity contribution in [1.82, 2.24) is 15.2 Å². The fourth-order valence-electron chi connectivity index (χ4n) is 1.36. The zero-order valence-corrected chi connectivity index (χ0v) is 12.0. The Hall–Kier alpha value is -1.28. The molecule has 1 atom stereocenters. The predicted molar refractivity (Wildman–Crippen MR) is 67.6 cm³/mol. The van der Waals surface area contributed by atoms with Crippen molar-refractivity contribution in [2.75, 3.05) is 0 Å². The van der Waals surface area contributed by atoms with Crippen LogP contribution in [0.1, 0.15) is 29.5 Å². The Kier molecular flexibility index (Phi) is 4.24. The number of aryl methyl sites for hydroxylation is 1. The Morgan fingerprint density at radius 3 is 2.55 bits per heavy atom. The number of nitrogens with zero attached hydrogens (tertiary/aromatic N) is 3. The van der Waals surface area contributed by atoms with Crippen LogP contribution in [0.4, 0.5) is 13.2 Å². The molecule has 2 heterocycles. The molecule has 0 aliphatic rings. The van der Waals surface area contributed by atoms with Crippen molar-refractivity contribution >= 4 is 23.4 Å². The van der Waals surface area contributed by atoms with Gasteiger partial charge in [0.1, 0.15) is 5.03 Å². The molecule has 0 unspecified atom stereocenters. The second kappa shape index (κ2) is 5.61. The Morgan fingerprint density at radius 2 is 2.05 bits per heavy atom. The van der Waals surface area contributed by atoms with Crippen LogP contribution in [0.3, 0.4) is 0 Å². The fraction of sp³-hybridized carbons (Fsp3) is 0.364. The van der Waals surface area contributed by atoms with Crippen molar-refractivity contribution in [1.29, 1.82) is 0 Å². The Morgan fingerprint density at radius 1 is 1.35 bits per heavy atom. The summed E-state index contributed by atoms with van der Waals surface area (Å²) in [6.07, 6.45) is -3.71. The molecule has 2 aromatic rings. The molecular formula is C11H9ClF3N3OS. The summed E-state index contributed by atoms with van der Waals surface area (Å²) in [5, 5.41) is 7.48. The third-order valence-electron chi connectivity index (χ3n) is 2.31. The van der Waals surface area contributed by atoms with Crippen LogP contribution in [-0.2, 0) is 6.18 Å². The van der Waals surface area contributed by atoms with Gasteiger partial charge in [0.25, 0.3) is 0 Å². The van der Waals surface area contributed by atoms with Gasteiger partial charge >= 0.3 is 6.18 Å². The smallest absolute Gasteiger partial charge is 0.417 e. The van der Waals surface area contributed by atoms with Gasteiger partial charge in [-0.15, -0.1) is 10.2 Å². The molecule has 0 saturated heterocycles. The first-order valence-electron chi connectivity index (χ1n) is 5.47. The maximum atomic E-state index is 12.5. The van der Waals surface area contributed by atoms with Gasteiger partial charge < -0.3 is 4.42 Å². The molecule has 4 nitrogen and oxygen atoms in total. The van der Waals surface area contributed by atoms with Gasteiger partial charge in [0.15, 0.2) is 0 Å². The predicted octanol–water partition coefficient (Wildman–Crippen LogP) is 4.30. The second-order valence-electron chi connectivity index (χ2n) is 3.93. The molecule has 0 aliphatic heterocycles. The lowest BCUT2D eigenvalue weighted by atomic mass is 10.3. The van der Waals surface area contributed by atoms with Crippen molar-refractivity contribution in [3.8, 4) is 0 Å². The van der Waals surface area contributed by atoms with E-state index < -0.39 is 11.7 Å². The number of hydrogen-bond donors (Lipinski definition) is 0. The van der Waals surface area contributed by atoms with Crippen LogP contribution in [0, 0.1) is 6.92 Å². The summed E-state index contributed by atoms with van der Waals surface area (Å²) < 4.78 is 42.7. The molecular weight excluding hydrogens is 315 g/mol. The van der Waals surface area contributed by atoms with Gasteiger partial charge in [-0.2, -0.15) is 13.2 Å². The molecule has 0 amide bonds. The van der Waals surface area contributed by atoms with Crippen LogP contribution in [0.5, 0.6) is 0 Å². The van der Waals surface area contributed by atoms with E-state index in [0.29, 0.717) is 11.8 Å². The molecule has 2 rings (SSSR count). The van der Waals surface area contributed by atoms with E-state index in [1.807, 2.05) is 0 Å². The molecule has 20 heavy (non-hydrogen) atoms. The third kappa shape index (κ3) is 3.43. The molecule has 0 spiro atoms. The topological polar surface area (TPSA) is 51.8 Å². The quantitative estimate of drug-likeness (QED) is 0.788. The molecule has 0 saturated carbocycles. The standard InChI is InChI=1S/C11H9ClF3N3OS/c1-5(9-18-17-6(2)19-9)20-10-8(12)3-7(4-16-10)11(13,14)15/h3-5H,1-2H3/t5-/m0/s1. The summed E-state index contributed by atoms with van der Waals surface area (Å²) >= 11 is 6.97. The lowest BCUT2D eigenvalue weighted by molar-refractivity contribution is -0.137.